The van der Waals surface area contributed by atoms with Gasteiger partial charge in [-0.05, 0) is 32.6 Å². The highest BCUT2D eigenvalue weighted by atomic mass is 16.5. The van der Waals surface area contributed by atoms with E-state index in [1.54, 1.807) is 0 Å². The van der Waals surface area contributed by atoms with E-state index >= 15 is 0 Å². The van der Waals surface area contributed by atoms with Crippen LogP contribution in [-0.2, 0) is 4.74 Å². The molecular formula is C12H24N2O2. The number of ether oxygens (including phenoxy) is 1. The summed E-state index contributed by atoms with van der Waals surface area (Å²) in [7, 11) is 0. The number of nitrogens with one attached hydrogen (secondary N) is 2. The van der Waals surface area contributed by atoms with Crippen molar-refractivity contribution in [3.8, 4) is 0 Å². The Labute approximate surface area is 97.7 Å². The highest BCUT2D eigenvalue weighted by Crippen LogP contribution is 2.30. The molecule has 0 spiro atoms. The second-order valence-electron chi connectivity index (χ2n) is 5.32. The predicted molar refractivity (Wildman–Crippen MR) is 63.5 cm³/mol. The fourth-order valence-corrected chi connectivity index (χ4v) is 2.41. The van der Waals surface area contributed by atoms with Crippen LogP contribution in [0.3, 0.4) is 0 Å². The van der Waals surface area contributed by atoms with Crippen molar-refractivity contribution in [3.63, 3.8) is 0 Å². The second-order valence-corrected chi connectivity index (χ2v) is 5.32. The predicted octanol–water partition coefficient (Wildman–Crippen LogP) is 0.258. The monoisotopic (exact) mass is 228 g/mol. The van der Waals surface area contributed by atoms with E-state index in [1.165, 1.54) is 6.42 Å². The minimum Gasteiger partial charge on any atom is -0.389 e. The van der Waals surface area contributed by atoms with E-state index in [0.717, 1.165) is 45.6 Å². The standard InChI is InChI=1S/C12H24N2O2/c1-10(7-11-8-16-6-5-13-11)14-9-12(15)3-2-4-12/h10-11,13-15H,2-9H2,1H3. The molecule has 1 aliphatic carbocycles. The van der Waals surface area contributed by atoms with Crippen LogP contribution < -0.4 is 10.6 Å². The molecule has 1 saturated heterocycles. The van der Waals surface area contributed by atoms with E-state index in [4.69, 9.17) is 4.74 Å². The molecule has 1 saturated carbocycles. The molecule has 2 unspecified atom stereocenters. The molecule has 0 aromatic carbocycles. The summed E-state index contributed by atoms with van der Waals surface area (Å²) in [5.41, 5.74) is -0.412. The fourth-order valence-electron chi connectivity index (χ4n) is 2.41. The molecule has 1 heterocycles. The molecule has 1 aliphatic heterocycles. The number of morpholine rings is 1. The number of hydrogen-bond acceptors (Lipinski definition) is 4. The van der Waals surface area contributed by atoms with Crippen molar-refractivity contribution in [2.24, 2.45) is 0 Å². The summed E-state index contributed by atoms with van der Waals surface area (Å²) >= 11 is 0. The van der Waals surface area contributed by atoms with Crippen LogP contribution in [0.1, 0.15) is 32.6 Å². The normalized spacial score (nSPS) is 30.8. The van der Waals surface area contributed by atoms with Crippen LogP contribution in [0.25, 0.3) is 0 Å². The maximum atomic E-state index is 9.96. The molecule has 0 radical (unpaired) electrons. The summed E-state index contributed by atoms with van der Waals surface area (Å²) in [5.74, 6) is 0. The molecule has 2 atom stereocenters. The third kappa shape index (κ3) is 3.42. The highest BCUT2D eigenvalue weighted by molar-refractivity contribution is 4.90. The number of hydrogen-bond donors (Lipinski definition) is 3. The zero-order valence-electron chi connectivity index (χ0n) is 10.2. The van der Waals surface area contributed by atoms with Gasteiger partial charge >= 0.3 is 0 Å². The molecule has 0 amide bonds. The van der Waals surface area contributed by atoms with Crippen LogP contribution >= 0.6 is 0 Å². The minimum atomic E-state index is -0.412. The van der Waals surface area contributed by atoms with Gasteiger partial charge < -0.3 is 20.5 Å². The third-order valence-electron chi connectivity index (χ3n) is 3.70. The molecule has 2 aliphatic rings. The SMILES string of the molecule is CC(CC1COCCN1)NCC1(O)CCC1. The second kappa shape index (κ2) is 5.45. The molecule has 4 nitrogen and oxygen atoms in total. The van der Waals surface area contributed by atoms with Crippen molar-refractivity contribution in [2.75, 3.05) is 26.3 Å². The average molecular weight is 228 g/mol. The Morgan fingerprint density at radius 2 is 2.38 bits per heavy atom. The first-order valence-corrected chi connectivity index (χ1v) is 6.45. The number of rotatable bonds is 5. The van der Waals surface area contributed by atoms with Crippen molar-refractivity contribution >= 4 is 0 Å². The zero-order chi connectivity index (χ0) is 11.4. The van der Waals surface area contributed by atoms with E-state index in [1.807, 2.05) is 0 Å². The van der Waals surface area contributed by atoms with E-state index in [-0.39, 0.29) is 0 Å². The van der Waals surface area contributed by atoms with Crippen LogP contribution in [0.4, 0.5) is 0 Å². The lowest BCUT2D eigenvalue weighted by atomic mass is 9.80. The smallest absolute Gasteiger partial charge is 0.0771 e. The molecule has 3 N–H and O–H groups in total. The summed E-state index contributed by atoms with van der Waals surface area (Å²) in [6, 6.07) is 0.899. The van der Waals surface area contributed by atoms with Gasteiger partial charge in [-0.3, -0.25) is 0 Å². The lowest BCUT2D eigenvalue weighted by Crippen LogP contribution is -2.50. The van der Waals surface area contributed by atoms with E-state index < -0.39 is 5.60 Å². The summed E-state index contributed by atoms with van der Waals surface area (Å²) in [6.07, 6.45) is 4.15. The summed E-state index contributed by atoms with van der Waals surface area (Å²) in [6.45, 7) is 5.52. The Bertz CT molecular complexity index is 213. The van der Waals surface area contributed by atoms with E-state index in [2.05, 4.69) is 17.6 Å². The topological polar surface area (TPSA) is 53.5 Å². The van der Waals surface area contributed by atoms with Gasteiger partial charge in [0.2, 0.25) is 0 Å². The van der Waals surface area contributed by atoms with Crippen LogP contribution in [0.5, 0.6) is 0 Å². The largest absolute Gasteiger partial charge is 0.389 e. The first-order valence-electron chi connectivity index (χ1n) is 6.45. The molecule has 4 heteroatoms. The van der Waals surface area contributed by atoms with Gasteiger partial charge in [-0.25, -0.2) is 0 Å². The molecule has 0 bridgehead atoms. The first kappa shape index (κ1) is 12.3. The van der Waals surface area contributed by atoms with Gasteiger partial charge in [-0.15, -0.1) is 0 Å². The van der Waals surface area contributed by atoms with Gasteiger partial charge in [-0.1, -0.05) is 0 Å². The van der Waals surface area contributed by atoms with Gasteiger partial charge in [0.1, 0.15) is 0 Å². The van der Waals surface area contributed by atoms with Crippen LogP contribution in [0.2, 0.25) is 0 Å². The van der Waals surface area contributed by atoms with Crippen molar-refractivity contribution in [2.45, 2.75) is 50.3 Å². The Kier molecular flexibility index (Phi) is 4.19. The molecule has 16 heavy (non-hydrogen) atoms. The Balaban J connectivity index is 1.61. The zero-order valence-corrected chi connectivity index (χ0v) is 10.2. The minimum absolute atomic E-state index is 0.412. The molecule has 2 fully saturated rings. The average Bonchev–Trinajstić information content (AvgIpc) is 2.25. The molecule has 2 rings (SSSR count). The van der Waals surface area contributed by atoms with Crippen molar-refractivity contribution in [1.29, 1.82) is 0 Å². The lowest BCUT2D eigenvalue weighted by Gasteiger charge is -2.38. The Hall–Kier alpha value is -0.160. The van der Waals surface area contributed by atoms with Gasteiger partial charge in [0, 0.05) is 25.2 Å². The van der Waals surface area contributed by atoms with E-state index in [0.29, 0.717) is 12.1 Å². The summed E-state index contributed by atoms with van der Waals surface area (Å²) in [4.78, 5) is 0. The van der Waals surface area contributed by atoms with E-state index in [9.17, 15) is 5.11 Å². The highest BCUT2D eigenvalue weighted by Gasteiger charge is 2.34. The van der Waals surface area contributed by atoms with Gasteiger partial charge in [-0.2, -0.15) is 0 Å². The Morgan fingerprint density at radius 1 is 1.56 bits per heavy atom. The van der Waals surface area contributed by atoms with Crippen LogP contribution in [0, 0.1) is 0 Å². The molecule has 0 aromatic rings. The maximum Gasteiger partial charge on any atom is 0.0771 e. The van der Waals surface area contributed by atoms with Crippen LogP contribution in [0.15, 0.2) is 0 Å². The van der Waals surface area contributed by atoms with Gasteiger partial charge in [0.05, 0.1) is 18.8 Å². The fraction of sp³-hybridized carbons (Fsp3) is 1.00. The Morgan fingerprint density at radius 3 is 2.94 bits per heavy atom. The van der Waals surface area contributed by atoms with Gasteiger partial charge in [0.25, 0.3) is 0 Å². The molecule has 0 aromatic heterocycles. The summed E-state index contributed by atoms with van der Waals surface area (Å²) in [5, 5.41) is 16.8. The van der Waals surface area contributed by atoms with Crippen LogP contribution in [-0.4, -0.2) is 49.1 Å². The molecule has 94 valence electrons. The number of aliphatic hydroxyl groups is 1. The van der Waals surface area contributed by atoms with Crippen molar-refractivity contribution in [1.82, 2.24) is 10.6 Å². The molecular weight excluding hydrogens is 204 g/mol. The third-order valence-corrected chi connectivity index (χ3v) is 3.70. The maximum absolute atomic E-state index is 9.96. The van der Waals surface area contributed by atoms with Crippen molar-refractivity contribution < 1.29 is 9.84 Å². The van der Waals surface area contributed by atoms with Crippen molar-refractivity contribution in [3.05, 3.63) is 0 Å². The summed E-state index contributed by atoms with van der Waals surface area (Å²) < 4.78 is 5.42. The quantitative estimate of drug-likeness (QED) is 0.632. The first-order chi connectivity index (χ1) is 7.68. The lowest BCUT2D eigenvalue weighted by molar-refractivity contribution is -0.0335. The van der Waals surface area contributed by atoms with Gasteiger partial charge in [0.15, 0.2) is 0 Å².